The molecule has 7 heteroatoms. The Morgan fingerprint density at radius 2 is 1.47 bits per heavy atom. The Hall–Kier alpha value is -3.97. The van der Waals surface area contributed by atoms with Crippen LogP contribution in [0.5, 0.6) is 0 Å². The maximum absolute atomic E-state index is 14.1. The number of hydrogen-bond acceptors (Lipinski definition) is 4. The molecule has 0 aliphatic carbocycles. The van der Waals surface area contributed by atoms with E-state index in [0.717, 1.165) is 35.7 Å². The number of carbonyl (C=O) groups is 1. The lowest BCUT2D eigenvalue weighted by molar-refractivity contribution is -0.118. The molecule has 0 bridgehead atoms. The molecule has 0 aliphatic rings. The van der Waals surface area contributed by atoms with Gasteiger partial charge in [0.1, 0.15) is 6.10 Å². The highest BCUT2D eigenvalue weighted by molar-refractivity contribution is 5.86. The van der Waals surface area contributed by atoms with Crippen LogP contribution in [0.3, 0.4) is 0 Å². The first kappa shape index (κ1) is 25.1. The average molecular weight is 488 g/mol. The molecule has 36 heavy (non-hydrogen) atoms. The van der Waals surface area contributed by atoms with E-state index < -0.39 is 23.9 Å². The number of benzene rings is 3. The Labute approximate surface area is 208 Å². The quantitative estimate of drug-likeness (QED) is 0.345. The highest BCUT2D eigenvalue weighted by Crippen LogP contribution is 2.35. The van der Waals surface area contributed by atoms with Gasteiger partial charge < -0.3 is 10.8 Å². The molecule has 2 atom stereocenters. The lowest BCUT2D eigenvalue weighted by atomic mass is 9.88. The highest BCUT2D eigenvalue weighted by Gasteiger charge is 2.37. The second kappa shape index (κ2) is 10.3. The van der Waals surface area contributed by atoms with E-state index in [0.29, 0.717) is 16.8 Å². The molecule has 184 valence electrons. The van der Waals surface area contributed by atoms with Gasteiger partial charge in [0.05, 0.1) is 17.3 Å². The van der Waals surface area contributed by atoms with Crippen LogP contribution >= 0.6 is 0 Å². The van der Waals surface area contributed by atoms with Crippen LogP contribution in [-0.4, -0.2) is 27.1 Å². The number of primary amides is 1. The van der Waals surface area contributed by atoms with Crippen LogP contribution in [0.4, 0.5) is 8.78 Å². The fraction of sp³-hybridized carbons (Fsp3) is 0.207. The molecule has 1 unspecified atom stereocenters. The lowest BCUT2D eigenvalue weighted by Gasteiger charge is -2.21. The van der Waals surface area contributed by atoms with Gasteiger partial charge in [0.15, 0.2) is 0 Å². The maximum atomic E-state index is 14.1. The van der Waals surface area contributed by atoms with Crippen LogP contribution in [-0.2, 0) is 17.1 Å². The summed E-state index contributed by atoms with van der Waals surface area (Å²) in [6.07, 6.45) is 2.32. The van der Waals surface area contributed by atoms with E-state index in [1.165, 1.54) is 24.3 Å². The van der Waals surface area contributed by atoms with Crippen molar-refractivity contribution in [2.45, 2.75) is 38.2 Å². The molecule has 0 radical (unpaired) electrons. The Balaban J connectivity index is 1.68. The Morgan fingerprint density at radius 3 is 2.03 bits per heavy atom. The third-order valence-electron chi connectivity index (χ3n) is 6.31. The summed E-state index contributed by atoms with van der Waals surface area (Å²) in [5.74, 6) is -4.82. The standard InChI is InChI=1S/C29H27F2N3O2/c1-3-19-6-4-5-7-24(19)27-26(33-16-17-34-27)22-10-8-20(9-11-22)25(28(32)36)21-12-14-23(15-13-21)29(30,31)18(2)35/h4-18,25,35H,3H2,1-2H3,(H2,32,36)/t18?,25-/m0/s1. The van der Waals surface area contributed by atoms with E-state index in [2.05, 4.69) is 23.0 Å². The molecule has 5 nitrogen and oxygen atoms in total. The van der Waals surface area contributed by atoms with Gasteiger partial charge >= 0.3 is 0 Å². The minimum atomic E-state index is -3.40. The van der Waals surface area contributed by atoms with Gasteiger partial charge in [0, 0.05) is 29.1 Å². The van der Waals surface area contributed by atoms with Crippen molar-refractivity contribution < 1.29 is 18.7 Å². The molecule has 1 aromatic heterocycles. The van der Waals surface area contributed by atoms with Gasteiger partial charge in [-0.05, 0) is 30.0 Å². The van der Waals surface area contributed by atoms with E-state index in [-0.39, 0.29) is 5.56 Å². The third-order valence-corrected chi connectivity index (χ3v) is 6.31. The van der Waals surface area contributed by atoms with Crippen LogP contribution in [0.15, 0.2) is 85.2 Å². The lowest BCUT2D eigenvalue weighted by Crippen LogP contribution is -2.28. The zero-order valence-electron chi connectivity index (χ0n) is 20.0. The molecule has 0 spiro atoms. The summed E-state index contributed by atoms with van der Waals surface area (Å²) >= 11 is 0. The van der Waals surface area contributed by atoms with Gasteiger partial charge in [-0.1, -0.05) is 79.7 Å². The number of amides is 1. The van der Waals surface area contributed by atoms with Crippen LogP contribution in [0.2, 0.25) is 0 Å². The predicted octanol–water partition coefficient (Wildman–Crippen LogP) is 5.46. The van der Waals surface area contributed by atoms with Gasteiger partial charge in [0.2, 0.25) is 5.91 Å². The molecule has 3 aromatic carbocycles. The smallest absolute Gasteiger partial charge is 0.298 e. The fourth-order valence-corrected chi connectivity index (χ4v) is 4.30. The summed E-state index contributed by atoms with van der Waals surface area (Å²) in [5.41, 5.74) is 11.0. The monoisotopic (exact) mass is 487 g/mol. The number of nitrogens with zero attached hydrogens (tertiary/aromatic N) is 2. The number of aromatic nitrogens is 2. The fourth-order valence-electron chi connectivity index (χ4n) is 4.30. The molecule has 4 rings (SSSR count). The number of carbonyl (C=O) groups excluding carboxylic acids is 1. The molecule has 0 fully saturated rings. The van der Waals surface area contributed by atoms with Crippen molar-refractivity contribution in [2.75, 3.05) is 0 Å². The van der Waals surface area contributed by atoms with Gasteiger partial charge in [-0.15, -0.1) is 0 Å². The second-order valence-electron chi connectivity index (χ2n) is 8.64. The molecule has 0 aliphatic heterocycles. The van der Waals surface area contributed by atoms with E-state index in [1.807, 2.05) is 30.3 Å². The molecular weight excluding hydrogens is 460 g/mol. The summed E-state index contributed by atoms with van der Waals surface area (Å²) in [4.78, 5) is 21.5. The second-order valence-corrected chi connectivity index (χ2v) is 8.64. The van der Waals surface area contributed by atoms with Crippen LogP contribution in [0.25, 0.3) is 22.5 Å². The van der Waals surface area contributed by atoms with Crippen LogP contribution in [0, 0.1) is 0 Å². The van der Waals surface area contributed by atoms with Gasteiger partial charge in [0.25, 0.3) is 5.92 Å². The zero-order valence-corrected chi connectivity index (χ0v) is 20.0. The number of aliphatic hydroxyl groups is 1. The summed E-state index contributed by atoms with van der Waals surface area (Å²) in [5, 5.41) is 9.39. The molecule has 1 heterocycles. The number of aliphatic hydroxyl groups excluding tert-OH is 1. The SMILES string of the molecule is CCc1ccccc1-c1nccnc1-c1ccc([C@H](C(N)=O)c2ccc(C(F)(F)C(C)O)cc2)cc1. The van der Waals surface area contributed by atoms with Crippen molar-refractivity contribution >= 4 is 5.91 Å². The van der Waals surface area contributed by atoms with Gasteiger partial charge in [-0.3, -0.25) is 14.8 Å². The van der Waals surface area contributed by atoms with E-state index >= 15 is 0 Å². The minimum Gasteiger partial charge on any atom is -0.387 e. The van der Waals surface area contributed by atoms with Crippen LogP contribution in [0.1, 0.15) is 42.0 Å². The van der Waals surface area contributed by atoms with Crippen molar-refractivity contribution in [2.24, 2.45) is 5.73 Å². The molecule has 4 aromatic rings. The largest absolute Gasteiger partial charge is 0.387 e. The summed E-state index contributed by atoms with van der Waals surface area (Å²) < 4.78 is 28.3. The summed E-state index contributed by atoms with van der Waals surface area (Å²) in [6, 6.07) is 20.6. The highest BCUT2D eigenvalue weighted by atomic mass is 19.3. The van der Waals surface area contributed by atoms with E-state index in [9.17, 15) is 18.7 Å². The number of rotatable bonds is 8. The van der Waals surface area contributed by atoms with E-state index in [4.69, 9.17) is 5.73 Å². The zero-order chi connectivity index (χ0) is 25.9. The molecular formula is C29H27F2N3O2. The first-order valence-corrected chi connectivity index (χ1v) is 11.7. The number of hydrogen-bond donors (Lipinski definition) is 2. The predicted molar refractivity (Wildman–Crippen MR) is 135 cm³/mol. The van der Waals surface area contributed by atoms with Gasteiger partial charge in [-0.2, -0.15) is 8.78 Å². The van der Waals surface area contributed by atoms with Crippen LogP contribution < -0.4 is 5.73 Å². The van der Waals surface area contributed by atoms with Crippen molar-refractivity contribution in [1.82, 2.24) is 9.97 Å². The first-order valence-electron chi connectivity index (χ1n) is 11.7. The van der Waals surface area contributed by atoms with Gasteiger partial charge in [-0.25, -0.2) is 0 Å². The molecule has 0 saturated heterocycles. The summed E-state index contributed by atoms with van der Waals surface area (Å²) in [7, 11) is 0. The molecule has 0 saturated carbocycles. The minimum absolute atomic E-state index is 0.331. The van der Waals surface area contributed by atoms with Crippen molar-refractivity contribution in [3.63, 3.8) is 0 Å². The Morgan fingerprint density at radius 1 is 0.917 bits per heavy atom. The topological polar surface area (TPSA) is 89.1 Å². The Kier molecular flexibility index (Phi) is 7.22. The number of aryl methyl sites for hydroxylation is 1. The summed E-state index contributed by atoms with van der Waals surface area (Å²) in [6.45, 7) is 3.12. The number of alkyl halides is 2. The number of halogens is 2. The Bertz CT molecular complexity index is 1350. The van der Waals surface area contributed by atoms with Crippen molar-refractivity contribution in [3.05, 3.63) is 107 Å². The maximum Gasteiger partial charge on any atom is 0.298 e. The normalized spacial score (nSPS) is 13.2. The first-order chi connectivity index (χ1) is 17.2. The van der Waals surface area contributed by atoms with Crippen molar-refractivity contribution in [1.29, 1.82) is 0 Å². The van der Waals surface area contributed by atoms with Crippen molar-refractivity contribution in [3.8, 4) is 22.5 Å². The average Bonchev–Trinajstić information content (AvgIpc) is 2.89. The molecule has 3 N–H and O–H groups in total. The third kappa shape index (κ3) is 4.88. The number of nitrogens with two attached hydrogens (primary N) is 1. The molecule has 1 amide bonds. The van der Waals surface area contributed by atoms with E-state index in [1.54, 1.807) is 24.5 Å².